The molecule has 0 bridgehead atoms. The van der Waals surface area contributed by atoms with Gasteiger partial charge in [0.1, 0.15) is 13.2 Å². The van der Waals surface area contributed by atoms with Crippen molar-refractivity contribution in [2.75, 3.05) is 0 Å². The van der Waals surface area contributed by atoms with Crippen LogP contribution in [0.25, 0.3) is 0 Å². The zero-order valence-electron chi connectivity index (χ0n) is 17.7. The lowest BCUT2D eigenvalue weighted by Gasteiger charge is -2.60. The van der Waals surface area contributed by atoms with Crippen LogP contribution < -0.4 is 28.5 Å². The van der Waals surface area contributed by atoms with Gasteiger partial charge in [-0.25, -0.2) is 0 Å². The average Bonchev–Trinajstić information content (AvgIpc) is 3.12. The molecule has 0 amide bonds. The number of aryl methyl sites for hydroxylation is 1. The summed E-state index contributed by atoms with van der Waals surface area (Å²) in [5, 5.41) is 0. The van der Waals surface area contributed by atoms with Crippen LogP contribution in [-0.4, -0.2) is 12.1 Å². The van der Waals surface area contributed by atoms with Crippen molar-refractivity contribution in [3.63, 3.8) is 0 Å². The number of nitrogens with zero attached hydrogens (tertiary/aromatic N) is 1. The van der Waals surface area contributed by atoms with Gasteiger partial charge in [0.25, 0.3) is 0 Å². The number of thiazole rings is 1. The van der Waals surface area contributed by atoms with Gasteiger partial charge < -0.3 is 28.7 Å². The molecule has 3 fully saturated rings. The summed E-state index contributed by atoms with van der Waals surface area (Å²) < 4.78 is 8.01. The van der Waals surface area contributed by atoms with Crippen molar-refractivity contribution in [1.82, 2.24) is 0 Å². The third kappa shape index (κ3) is 2.92. The van der Waals surface area contributed by atoms with Gasteiger partial charge >= 0.3 is 5.97 Å². The molecule has 0 radical (unpaired) electrons. The number of carbonyl (C=O) groups is 1. The molecular formula is C23H34INO2S. The quantitative estimate of drug-likeness (QED) is 0.323. The van der Waals surface area contributed by atoms with E-state index in [9.17, 15) is 4.79 Å². The summed E-state index contributed by atoms with van der Waals surface area (Å²) in [7, 11) is 2.24. The number of aromatic nitrogens is 1. The molecular weight excluding hydrogens is 481 g/mol. The maximum absolute atomic E-state index is 11.4. The van der Waals surface area contributed by atoms with Crippen LogP contribution in [0.2, 0.25) is 0 Å². The molecule has 0 aliphatic heterocycles. The van der Waals surface area contributed by atoms with Crippen molar-refractivity contribution in [2.45, 2.75) is 83.7 Å². The van der Waals surface area contributed by atoms with Gasteiger partial charge in [-0.05, 0) is 74.0 Å². The lowest BCUT2D eigenvalue weighted by atomic mass is 9.45. The largest absolute Gasteiger partial charge is 1.00 e. The van der Waals surface area contributed by atoms with E-state index in [0.29, 0.717) is 10.8 Å². The Hall–Kier alpha value is -0.170. The van der Waals surface area contributed by atoms with E-state index in [4.69, 9.17) is 4.74 Å². The van der Waals surface area contributed by atoms with E-state index < -0.39 is 0 Å². The highest BCUT2D eigenvalue weighted by Crippen LogP contribution is 2.65. The van der Waals surface area contributed by atoms with Crippen molar-refractivity contribution >= 4 is 17.3 Å². The molecule has 5 rings (SSSR count). The van der Waals surface area contributed by atoms with Gasteiger partial charge in [0, 0.05) is 18.8 Å². The maximum Gasteiger partial charge on any atom is 0.302 e. The highest BCUT2D eigenvalue weighted by molar-refractivity contribution is 7.09. The number of rotatable bonds is 1. The normalized spacial score (nSPS) is 43.8. The highest BCUT2D eigenvalue weighted by Gasteiger charge is 2.61. The van der Waals surface area contributed by atoms with Gasteiger partial charge in [0.15, 0.2) is 5.69 Å². The molecule has 5 heteroatoms. The molecule has 28 heavy (non-hydrogen) atoms. The molecule has 4 aliphatic carbocycles. The third-order valence-electron chi connectivity index (χ3n) is 9.29. The van der Waals surface area contributed by atoms with Crippen molar-refractivity contribution in [1.29, 1.82) is 0 Å². The van der Waals surface area contributed by atoms with E-state index in [-0.39, 0.29) is 36.0 Å². The van der Waals surface area contributed by atoms with Crippen molar-refractivity contribution < 1.29 is 38.1 Å². The molecule has 0 aromatic carbocycles. The van der Waals surface area contributed by atoms with Crippen LogP contribution in [0.1, 0.15) is 76.3 Å². The van der Waals surface area contributed by atoms with Gasteiger partial charge in [0.05, 0.1) is 4.88 Å². The lowest BCUT2D eigenvalue weighted by Crippen LogP contribution is -3.00. The van der Waals surface area contributed by atoms with Crippen LogP contribution in [0.3, 0.4) is 0 Å². The zero-order valence-corrected chi connectivity index (χ0v) is 20.6. The van der Waals surface area contributed by atoms with E-state index in [1.807, 2.05) is 11.3 Å². The Balaban J connectivity index is 0.00000192. The molecule has 7 atom stereocenters. The predicted molar refractivity (Wildman–Crippen MR) is 106 cm³/mol. The number of hydrogen-bond donors (Lipinski definition) is 0. The minimum Gasteiger partial charge on any atom is -1.00 e. The number of ether oxygens (including phenoxy) is 1. The number of fused-ring (bicyclic) bond motifs is 7. The van der Waals surface area contributed by atoms with Crippen molar-refractivity contribution in [3.8, 4) is 0 Å². The molecule has 0 unspecified atom stereocenters. The van der Waals surface area contributed by atoms with E-state index in [1.165, 1.54) is 38.5 Å². The summed E-state index contributed by atoms with van der Waals surface area (Å²) in [5.41, 5.74) is 4.81. The molecule has 3 saturated carbocycles. The zero-order chi connectivity index (χ0) is 19.0. The Morgan fingerprint density at radius 1 is 1.18 bits per heavy atom. The lowest BCUT2D eigenvalue weighted by molar-refractivity contribution is -0.674. The maximum atomic E-state index is 11.4. The molecule has 1 aromatic rings. The van der Waals surface area contributed by atoms with Crippen molar-refractivity contribution in [2.24, 2.45) is 36.1 Å². The SMILES string of the molecule is CC(=O)O[C@H]1CC[C@@]2(C)[C@@H](CC[C@@H]3[C@@H]2CC[C@]2(C)c4sc[n+](C)c4C[C@@H]32)C1.[I-]. The first-order valence-electron chi connectivity index (χ1n) is 11.0. The van der Waals surface area contributed by atoms with Gasteiger partial charge in [-0.1, -0.05) is 25.2 Å². The molecule has 4 aliphatic rings. The molecule has 0 N–H and O–H groups in total. The summed E-state index contributed by atoms with van der Waals surface area (Å²) in [5.74, 6) is 3.24. The fraction of sp³-hybridized carbons (Fsp3) is 0.826. The summed E-state index contributed by atoms with van der Waals surface area (Å²) in [6, 6.07) is 0. The first kappa shape index (κ1) is 21.1. The van der Waals surface area contributed by atoms with E-state index in [0.717, 1.165) is 36.5 Å². The minimum atomic E-state index is -0.101. The molecule has 0 saturated heterocycles. The third-order valence-corrected chi connectivity index (χ3v) is 10.6. The second-order valence-corrected chi connectivity index (χ2v) is 11.3. The minimum absolute atomic E-state index is 0. The smallest absolute Gasteiger partial charge is 0.302 e. The Kier molecular flexibility index (Phi) is 5.43. The van der Waals surface area contributed by atoms with Gasteiger partial charge in [-0.3, -0.25) is 4.79 Å². The second-order valence-electron chi connectivity index (χ2n) is 10.4. The summed E-state index contributed by atoms with van der Waals surface area (Å²) >= 11 is 2.00. The molecule has 1 heterocycles. The fourth-order valence-corrected chi connectivity index (χ4v) is 9.15. The number of halogens is 1. The Morgan fingerprint density at radius 3 is 2.71 bits per heavy atom. The number of hydrogen-bond acceptors (Lipinski definition) is 3. The molecule has 156 valence electrons. The number of esters is 1. The first-order valence-corrected chi connectivity index (χ1v) is 11.8. The standard InChI is InChI=1S/C23H34NO2S.HI/c1-14(25)26-16-7-9-22(2)15(11-16)5-6-17-18(22)8-10-23(3)19(17)12-20-21(23)27-13-24(20)4;/h13,15-19H,5-12H2,1-4H3;1H/q+1;/p-1/t15-,16-,17+,18-,19-,22-,23-;/m0./s1. The van der Waals surface area contributed by atoms with E-state index >= 15 is 0 Å². The Labute approximate surface area is 190 Å². The Bertz CT molecular complexity index is 779. The first-order chi connectivity index (χ1) is 12.8. The summed E-state index contributed by atoms with van der Waals surface area (Å²) in [6.07, 6.45) is 10.4. The van der Waals surface area contributed by atoms with Gasteiger partial charge in [-0.2, -0.15) is 4.57 Å². The topological polar surface area (TPSA) is 30.2 Å². The average molecular weight is 516 g/mol. The molecule has 1 aromatic heterocycles. The van der Waals surface area contributed by atoms with Gasteiger partial charge in [-0.15, -0.1) is 0 Å². The van der Waals surface area contributed by atoms with Crippen LogP contribution in [0.5, 0.6) is 0 Å². The monoisotopic (exact) mass is 515 g/mol. The fourth-order valence-electron chi connectivity index (χ4n) is 7.87. The van der Waals surface area contributed by atoms with E-state index in [2.05, 4.69) is 31.0 Å². The van der Waals surface area contributed by atoms with Crippen LogP contribution in [-0.2, 0) is 28.4 Å². The van der Waals surface area contributed by atoms with Crippen molar-refractivity contribution in [3.05, 3.63) is 16.1 Å². The molecule has 0 spiro atoms. The van der Waals surface area contributed by atoms with Crippen LogP contribution in [0.15, 0.2) is 5.51 Å². The summed E-state index contributed by atoms with van der Waals surface area (Å²) in [6.45, 7) is 6.72. The molecule has 3 nitrogen and oxygen atoms in total. The predicted octanol–water partition coefficient (Wildman–Crippen LogP) is 1.56. The summed E-state index contributed by atoms with van der Waals surface area (Å²) in [4.78, 5) is 13.1. The van der Waals surface area contributed by atoms with Gasteiger partial charge in [0.2, 0.25) is 5.51 Å². The van der Waals surface area contributed by atoms with Crippen LogP contribution in [0, 0.1) is 29.1 Å². The second kappa shape index (κ2) is 7.21. The van der Waals surface area contributed by atoms with Crippen LogP contribution in [0.4, 0.5) is 0 Å². The number of carbonyl (C=O) groups excluding carboxylic acids is 1. The van der Waals surface area contributed by atoms with E-state index in [1.54, 1.807) is 17.5 Å². The Morgan fingerprint density at radius 2 is 1.96 bits per heavy atom. The van der Waals surface area contributed by atoms with Crippen LogP contribution >= 0.6 is 11.3 Å². The highest BCUT2D eigenvalue weighted by atomic mass is 127.